The molecule has 16 heavy (non-hydrogen) atoms. The van der Waals surface area contributed by atoms with E-state index in [1.165, 1.54) is 24.2 Å². The molecule has 5 heteroatoms. The van der Waals surface area contributed by atoms with Gasteiger partial charge in [0.15, 0.2) is 0 Å². The van der Waals surface area contributed by atoms with Crippen molar-refractivity contribution >= 4 is 17.3 Å². The number of carboxylic acid groups (broad SMARTS) is 1. The SMILES string of the molecule is COCc1nc(C2CCCC2)sc1C(=O)O. The fourth-order valence-corrected chi connectivity index (χ4v) is 3.20. The van der Waals surface area contributed by atoms with E-state index in [9.17, 15) is 4.79 Å². The van der Waals surface area contributed by atoms with E-state index in [1.54, 1.807) is 7.11 Å². The van der Waals surface area contributed by atoms with Gasteiger partial charge in [-0.3, -0.25) is 0 Å². The van der Waals surface area contributed by atoms with Gasteiger partial charge < -0.3 is 9.84 Å². The van der Waals surface area contributed by atoms with E-state index in [0.29, 0.717) is 16.5 Å². The van der Waals surface area contributed by atoms with Crippen LogP contribution in [0, 0.1) is 0 Å². The summed E-state index contributed by atoms with van der Waals surface area (Å²) in [5.74, 6) is -0.428. The monoisotopic (exact) mass is 241 g/mol. The van der Waals surface area contributed by atoms with E-state index in [4.69, 9.17) is 9.84 Å². The first-order valence-corrected chi connectivity index (χ1v) is 6.26. The zero-order chi connectivity index (χ0) is 11.5. The van der Waals surface area contributed by atoms with Crippen molar-refractivity contribution in [2.75, 3.05) is 7.11 Å². The fourth-order valence-electron chi connectivity index (χ4n) is 2.12. The summed E-state index contributed by atoms with van der Waals surface area (Å²) in [5.41, 5.74) is 0.571. The molecule has 0 radical (unpaired) electrons. The molecule has 88 valence electrons. The number of ether oxygens (including phenoxy) is 1. The van der Waals surface area contributed by atoms with Gasteiger partial charge in [0.05, 0.1) is 17.3 Å². The van der Waals surface area contributed by atoms with E-state index >= 15 is 0 Å². The van der Waals surface area contributed by atoms with Gasteiger partial charge in [-0.25, -0.2) is 9.78 Å². The van der Waals surface area contributed by atoms with Gasteiger partial charge in [-0.1, -0.05) is 12.8 Å². The van der Waals surface area contributed by atoms with Crippen LogP contribution in [0.25, 0.3) is 0 Å². The van der Waals surface area contributed by atoms with Crippen molar-refractivity contribution < 1.29 is 14.6 Å². The standard InChI is InChI=1S/C11H15NO3S/c1-15-6-8-9(11(13)14)16-10(12-8)7-4-2-3-5-7/h7H,2-6H2,1H3,(H,13,14). The minimum atomic E-state index is -0.895. The number of nitrogens with zero attached hydrogens (tertiary/aromatic N) is 1. The smallest absolute Gasteiger partial charge is 0.347 e. The summed E-state index contributed by atoms with van der Waals surface area (Å²) in [5, 5.41) is 10.0. The maximum absolute atomic E-state index is 11.0. The number of carbonyl (C=O) groups is 1. The minimum absolute atomic E-state index is 0.283. The molecule has 0 unspecified atom stereocenters. The Hall–Kier alpha value is -0.940. The van der Waals surface area contributed by atoms with Crippen LogP contribution in [0.15, 0.2) is 0 Å². The molecule has 0 atom stereocenters. The van der Waals surface area contributed by atoms with Crippen LogP contribution in [-0.4, -0.2) is 23.2 Å². The van der Waals surface area contributed by atoms with Gasteiger partial charge in [0, 0.05) is 13.0 Å². The summed E-state index contributed by atoms with van der Waals surface area (Å²) < 4.78 is 4.98. The van der Waals surface area contributed by atoms with Crippen LogP contribution in [0.2, 0.25) is 0 Å². The van der Waals surface area contributed by atoms with Crippen molar-refractivity contribution in [2.45, 2.75) is 38.2 Å². The Balaban J connectivity index is 2.26. The Labute approximate surface area is 98.3 Å². The van der Waals surface area contributed by atoms with Crippen LogP contribution in [0.5, 0.6) is 0 Å². The number of thiazole rings is 1. The highest BCUT2D eigenvalue weighted by Gasteiger charge is 2.24. The molecule has 0 aliphatic heterocycles. The van der Waals surface area contributed by atoms with Gasteiger partial charge in [0.25, 0.3) is 0 Å². The molecule has 1 N–H and O–H groups in total. The number of aromatic carboxylic acids is 1. The third-order valence-corrected chi connectivity index (χ3v) is 4.14. The second-order valence-corrected chi connectivity index (χ2v) is 5.08. The summed E-state index contributed by atoms with van der Waals surface area (Å²) in [4.78, 5) is 15.8. The topological polar surface area (TPSA) is 59.4 Å². The molecular formula is C11H15NO3S. The molecule has 1 aromatic rings. The molecule has 0 amide bonds. The lowest BCUT2D eigenvalue weighted by atomic mass is 10.1. The number of hydrogen-bond donors (Lipinski definition) is 1. The molecule has 2 rings (SSSR count). The van der Waals surface area contributed by atoms with E-state index < -0.39 is 5.97 Å². The maximum Gasteiger partial charge on any atom is 0.347 e. The molecule has 1 saturated carbocycles. The predicted octanol–water partition coefficient (Wildman–Crippen LogP) is 2.65. The summed E-state index contributed by atoms with van der Waals surface area (Å²) in [6.07, 6.45) is 4.73. The molecule has 4 nitrogen and oxygen atoms in total. The van der Waals surface area contributed by atoms with Gasteiger partial charge in [0.2, 0.25) is 0 Å². The summed E-state index contributed by atoms with van der Waals surface area (Å²) in [6.45, 7) is 0.283. The summed E-state index contributed by atoms with van der Waals surface area (Å²) in [6, 6.07) is 0. The molecule has 1 aliphatic rings. The van der Waals surface area contributed by atoms with Crippen molar-refractivity contribution in [3.63, 3.8) is 0 Å². The molecule has 0 aromatic carbocycles. The predicted molar refractivity (Wildman–Crippen MR) is 61.0 cm³/mol. The highest BCUT2D eigenvalue weighted by Crippen LogP contribution is 2.37. The fraction of sp³-hybridized carbons (Fsp3) is 0.636. The zero-order valence-electron chi connectivity index (χ0n) is 9.23. The number of rotatable bonds is 4. The minimum Gasteiger partial charge on any atom is -0.477 e. The van der Waals surface area contributed by atoms with Gasteiger partial charge in [0.1, 0.15) is 4.88 Å². The molecule has 0 spiro atoms. The van der Waals surface area contributed by atoms with Crippen molar-refractivity contribution in [1.82, 2.24) is 4.98 Å². The van der Waals surface area contributed by atoms with Crippen LogP contribution >= 0.6 is 11.3 Å². The Morgan fingerprint density at radius 1 is 1.56 bits per heavy atom. The highest BCUT2D eigenvalue weighted by atomic mass is 32.1. The number of hydrogen-bond acceptors (Lipinski definition) is 4. The largest absolute Gasteiger partial charge is 0.477 e. The molecule has 1 heterocycles. The second kappa shape index (κ2) is 4.93. The lowest BCUT2D eigenvalue weighted by molar-refractivity contribution is 0.0697. The molecule has 1 fully saturated rings. The van der Waals surface area contributed by atoms with Crippen LogP contribution in [0.4, 0.5) is 0 Å². The van der Waals surface area contributed by atoms with Gasteiger partial charge in [-0.15, -0.1) is 11.3 Å². The average Bonchev–Trinajstić information content (AvgIpc) is 2.83. The lowest BCUT2D eigenvalue weighted by Crippen LogP contribution is -2.00. The molecule has 1 aromatic heterocycles. The molecule has 0 bridgehead atoms. The van der Waals surface area contributed by atoms with E-state index in [2.05, 4.69) is 4.98 Å². The Kier molecular flexibility index (Phi) is 3.56. The van der Waals surface area contributed by atoms with Crippen molar-refractivity contribution in [3.8, 4) is 0 Å². The first-order valence-electron chi connectivity index (χ1n) is 5.44. The van der Waals surface area contributed by atoms with Crippen LogP contribution in [0.1, 0.15) is 52.0 Å². The van der Waals surface area contributed by atoms with E-state index in [-0.39, 0.29) is 6.61 Å². The van der Waals surface area contributed by atoms with Crippen molar-refractivity contribution in [3.05, 3.63) is 15.6 Å². The second-order valence-electron chi connectivity index (χ2n) is 4.05. The van der Waals surface area contributed by atoms with E-state index in [0.717, 1.165) is 17.8 Å². The van der Waals surface area contributed by atoms with Crippen molar-refractivity contribution in [1.29, 1.82) is 0 Å². The summed E-state index contributed by atoms with van der Waals surface area (Å²) >= 11 is 1.31. The molecule has 1 aliphatic carbocycles. The van der Waals surface area contributed by atoms with Gasteiger partial charge in [-0.2, -0.15) is 0 Å². The molecular weight excluding hydrogens is 226 g/mol. The van der Waals surface area contributed by atoms with Crippen LogP contribution in [0.3, 0.4) is 0 Å². The Morgan fingerprint density at radius 2 is 2.25 bits per heavy atom. The summed E-state index contributed by atoms with van der Waals surface area (Å²) in [7, 11) is 1.56. The van der Waals surface area contributed by atoms with Gasteiger partial charge >= 0.3 is 5.97 Å². The molecule has 0 saturated heterocycles. The lowest BCUT2D eigenvalue weighted by Gasteiger charge is -2.02. The maximum atomic E-state index is 11.0. The first kappa shape index (κ1) is 11.5. The normalized spacial score (nSPS) is 16.8. The van der Waals surface area contributed by atoms with Crippen molar-refractivity contribution in [2.24, 2.45) is 0 Å². The third kappa shape index (κ3) is 2.25. The number of methoxy groups -OCH3 is 1. The zero-order valence-corrected chi connectivity index (χ0v) is 10.0. The van der Waals surface area contributed by atoms with Gasteiger partial charge in [-0.05, 0) is 12.8 Å². The van der Waals surface area contributed by atoms with Crippen LogP contribution < -0.4 is 0 Å². The number of aromatic nitrogens is 1. The first-order chi connectivity index (χ1) is 7.72. The van der Waals surface area contributed by atoms with E-state index in [1.807, 2.05) is 0 Å². The van der Waals surface area contributed by atoms with Crippen LogP contribution in [-0.2, 0) is 11.3 Å². The Bertz CT molecular complexity index is 383. The highest BCUT2D eigenvalue weighted by molar-refractivity contribution is 7.13. The quantitative estimate of drug-likeness (QED) is 0.880. The third-order valence-electron chi connectivity index (χ3n) is 2.89. The average molecular weight is 241 g/mol. The Morgan fingerprint density at radius 3 is 2.81 bits per heavy atom. The number of carboxylic acids is 1.